The molecule has 0 saturated heterocycles. The number of oxime groups is 1. The van der Waals surface area contributed by atoms with E-state index >= 15 is 0 Å². The molecule has 0 atom stereocenters. The van der Waals surface area contributed by atoms with E-state index in [0.717, 1.165) is 16.8 Å². The van der Waals surface area contributed by atoms with Crippen LogP contribution in [0.3, 0.4) is 0 Å². The van der Waals surface area contributed by atoms with Crippen LogP contribution in [0.1, 0.15) is 50.8 Å². The van der Waals surface area contributed by atoms with Crippen LogP contribution in [-0.2, 0) is 21.5 Å². The maximum atomic E-state index is 10.7. The van der Waals surface area contributed by atoms with Gasteiger partial charge in [0.2, 0.25) is 0 Å². The smallest absolute Gasteiger partial charge is 0.307 e. The van der Waals surface area contributed by atoms with Crippen LogP contribution in [0.2, 0.25) is 0 Å². The van der Waals surface area contributed by atoms with Crippen molar-refractivity contribution in [2.45, 2.75) is 46.0 Å². The van der Waals surface area contributed by atoms with Crippen LogP contribution >= 0.6 is 0 Å². The van der Waals surface area contributed by atoms with Crippen molar-refractivity contribution >= 4 is 11.7 Å². The number of benzene rings is 2. The van der Waals surface area contributed by atoms with Gasteiger partial charge in [0.1, 0.15) is 12.4 Å². The molecule has 0 aliphatic rings. The minimum atomic E-state index is -0.841. The quantitative estimate of drug-likeness (QED) is 0.383. The highest BCUT2D eigenvalue weighted by atomic mass is 16.6. The third-order valence-electron chi connectivity index (χ3n) is 4.30. The number of aliphatic carboxylic acids is 1. The van der Waals surface area contributed by atoms with E-state index in [2.05, 4.69) is 50.2 Å². The van der Waals surface area contributed by atoms with Crippen LogP contribution in [0.5, 0.6) is 5.75 Å². The largest absolute Gasteiger partial charge is 0.493 e. The average Bonchev–Trinajstić information content (AvgIpc) is 2.64. The predicted molar refractivity (Wildman–Crippen MR) is 111 cm³/mol. The minimum absolute atomic E-state index is 0.0183. The maximum absolute atomic E-state index is 10.7. The lowest BCUT2D eigenvalue weighted by molar-refractivity contribution is -0.136. The zero-order valence-corrected chi connectivity index (χ0v) is 17.1. The first-order valence-corrected chi connectivity index (χ1v) is 9.47. The molecule has 0 spiro atoms. The molecule has 0 aromatic heterocycles. The van der Waals surface area contributed by atoms with Crippen molar-refractivity contribution in [1.82, 2.24) is 0 Å². The van der Waals surface area contributed by atoms with Crippen LogP contribution in [-0.4, -0.2) is 30.0 Å². The van der Waals surface area contributed by atoms with Crippen LogP contribution in [0, 0.1) is 0 Å². The molecular weight excluding hydrogens is 354 g/mol. The lowest BCUT2D eigenvalue weighted by Crippen LogP contribution is -2.11. The second-order valence-corrected chi connectivity index (χ2v) is 7.75. The first kappa shape index (κ1) is 21.5. The second kappa shape index (κ2) is 9.93. The van der Waals surface area contributed by atoms with Gasteiger partial charge in [-0.15, -0.1) is 0 Å². The highest BCUT2D eigenvalue weighted by molar-refractivity contribution is 5.98. The third kappa shape index (κ3) is 7.06. The Morgan fingerprint density at radius 1 is 1.00 bits per heavy atom. The molecular formula is C23H29NO4. The van der Waals surface area contributed by atoms with Crippen molar-refractivity contribution in [3.8, 4) is 5.75 Å². The highest BCUT2D eigenvalue weighted by Crippen LogP contribution is 2.22. The van der Waals surface area contributed by atoms with Crippen LogP contribution in [0.25, 0.3) is 0 Å². The fraction of sp³-hybridized carbons (Fsp3) is 0.391. The van der Waals surface area contributed by atoms with E-state index in [1.165, 1.54) is 5.56 Å². The maximum Gasteiger partial charge on any atom is 0.307 e. The van der Waals surface area contributed by atoms with Crippen molar-refractivity contribution in [3.05, 3.63) is 65.2 Å². The van der Waals surface area contributed by atoms with Gasteiger partial charge in [-0.3, -0.25) is 4.79 Å². The second-order valence-electron chi connectivity index (χ2n) is 7.75. The van der Waals surface area contributed by atoms with Crippen molar-refractivity contribution in [2.75, 3.05) is 13.2 Å². The summed E-state index contributed by atoms with van der Waals surface area (Å²) in [5.74, 6) is -0.125. The van der Waals surface area contributed by atoms with Gasteiger partial charge < -0.3 is 14.7 Å². The molecule has 150 valence electrons. The summed E-state index contributed by atoms with van der Waals surface area (Å²) >= 11 is 0. The predicted octanol–water partition coefficient (Wildman–Crippen LogP) is 4.82. The molecule has 0 aliphatic heterocycles. The van der Waals surface area contributed by atoms with E-state index < -0.39 is 5.97 Å². The van der Waals surface area contributed by atoms with Gasteiger partial charge in [0, 0.05) is 6.42 Å². The number of carboxylic acid groups (broad SMARTS) is 1. The highest BCUT2D eigenvalue weighted by Gasteiger charge is 2.13. The number of hydrogen-bond donors (Lipinski definition) is 1. The molecule has 1 N–H and O–H groups in total. The molecule has 0 amide bonds. The Kier molecular flexibility index (Phi) is 7.61. The third-order valence-corrected chi connectivity index (χ3v) is 4.30. The van der Waals surface area contributed by atoms with E-state index in [1.54, 1.807) is 24.3 Å². The Labute approximate surface area is 167 Å². The van der Waals surface area contributed by atoms with Gasteiger partial charge in [-0.25, -0.2) is 0 Å². The molecule has 0 saturated carbocycles. The number of hydrogen-bond acceptors (Lipinski definition) is 4. The van der Waals surface area contributed by atoms with Gasteiger partial charge in [-0.2, -0.15) is 0 Å². The Hall–Kier alpha value is -2.82. The summed E-state index contributed by atoms with van der Waals surface area (Å²) in [6.45, 7) is 9.48. The number of nitrogens with zero attached hydrogens (tertiary/aromatic N) is 1. The summed E-state index contributed by atoms with van der Waals surface area (Å²) in [6.07, 6.45) is 0.723. The Morgan fingerprint density at radius 2 is 1.64 bits per heavy atom. The van der Waals surface area contributed by atoms with Gasteiger partial charge in [-0.05, 0) is 41.2 Å². The molecule has 0 unspecified atom stereocenters. The molecule has 0 aliphatic carbocycles. The summed E-state index contributed by atoms with van der Waals surface area (Å²) in [7, 11) is 0. The summed E-state index contributed by atoms with van der Waals surface area (Å²) in [6, 6.07) is 15.5. The number of carboxylic acids is 1. The van der Waals surface area contributed by atoms with Crippen LogP contribution in [0.15, 0.2) is 53.7 Å². The molecule has 5 nitrogen and oxygen atoms in total. The zero-order valence-electron chi connectivity index (χ0n) is 17.1. The average molecular weight is 383 g/mol. The van der Waals surface area contributed by atoms with Gasteiger partial charge in [0.25, 0.3) is 0 Å². The zero-order chi connectivity index (χ0) is 20.6. The van der Waals surface area contributed by atoms with Gasteiger partial charge in [0.05, 0.1) is 18.7 Å². The standard InChI is InChI=1S/C23H29NO4/c1-17(19-8-10-20(11-9-19)23(2,3)4)24-28-15-5-14-27-21-12-6-18(7-13-21)16-22(25)26/h6-13H,5,14-16H2,1-4H3,(H,25,26)/b24-17+. The topological polar surface area (TPSA) is 68.1 Å². The first-order chi connectivity index (χ1) is 13.3. The molecule has 28 heavy (non-hydrogen) atoms. The fourth-order valence-corrected chi connectivity index (χ4v) is 2.60. The van der Waals surface area contributed by atoms with Crippen molar-refractivity contribution in [2.24, 2.45) is 5.16 Å². The van der Waals surface area contributed by atoms with Crippen molar-refractivity contribution in [3.63, 3.8) is 0 Å². The molecule has 2 aromatic carbocycles. The lowest BCUT2D eigenvalue weighted by atomic mass is 9.86. The molecule has 0 heterocycles. The Balaban J connectivity index is 1.71. The normalized spacial score (nSPS) is 11.9. The minimum Gasteiger partial charge on any atom is -0.493 e. The monoisotopic (exact) mass is 383 g/mol. The van der Waals surface area contributed by atoms with Crippen LogP contribution < -0.4 is 4.74 Å². The van der Waals surface area contributed by atoms with Crippen molar-refractivity contribution < 1.29 is 19.5 Å². The Morgan fingerprint density at radius 3 is 2.21 bits per heavy atom. The van der Waals surface area contributed by atoms with Gasteiger partial charge in [0.15, 0.2) is 0 Å². The first-order valence-electron chi connectivity index (χ1n) is 9.47. The van der Waals surface area contributed by atoms with Gasteiger partial charge in [-0.1, -0.05) is 62.3 Å². The molecule has 2 aromatic rings. The fourth-order valence-electron chi connectivity index (χ4n) is 2.60. The van der Waals surface area contributed by atoms with E-state index in [4.69, 9.17) is 14.7 Å². The van der Waals surface area contributed by atoms with E-state index in [9.17, 15) is 4.79 Å². The lowest BCUT2D eigenvalue weighted by Gasteiger charge is -2.19. The van der Waals surface area contributed by atoms with Gasteiger partial charge >= 0.3 is 5.97 Å². The summed E-state index contributed by atoms with van der Waals surface area (Å²) in [5.41, 5.74) is 4.07. The number of carbonyl (C=O) groups is 1. The number of ether oxygens (including phenoxy) is 1. The molecule has 0 radical (unpaired) electrons. The summed E-state index contributed by atoms with van der Waals surface area (Å²) in [5, 5.41) is 12.9. The van der Waals surface area contributed by atoms with Crippen molar-refractivity contribution in [1.29, 1.82) is 0 Å². The van der Waals surface area contributed by atoms with E-state index in [-0.39, 0.29) is 11.8 Å². The molecule has 2 rings (SSSR count). The Bertz CT molecular complexity index is 787. The summed E-state index contributed by atoms with van der Waals surface area (Å²) in [4.78, 5) is 16.1. The molecule has 0 bridgehead atoms. The molecule has 5 heteroatoms. The molecule has 0 fully saturated rings. The van der Waals surface area contributed by atoms with E-state index in [0.29, 0.717) is 25.4 Å². The summed E-state index contributed by atoms with van der Waals surface area (Å²) < 4.78 is 5.63. The van der Waals surface area contributed by atoms with Crippen LogP contribution in [0.4, 0.5) is 0 Å². The van der Waals surface area contributed by atoms with E-state index in [1.807, 2.05) is 6.92 Å². The SMILES string of the molecule is C/C(=N\OCCCOc1ccc(CC(=O)O)cc1)c1ccc(C(C)(C)C)cc1. The number of rotatable bonds is 9.